The summed E-state index contributed by atoms with van der Waals surface area (Å²) in [7, 11) is 0. The highest BCUT2D eigenvalue weighted by Gasteiger charge is 2.30. The molecule has 1 aromatic heterocycles. The molecule has 1 amide bonds. The summed E-state index contributed by atoms with van der Waals surface area (Å²) in [6, 6.07) is 0. The number of carbonyl (C=O) groups excluding carboxylic acids is 1. The average molecular weight is 375 g/mol. The van der Waals surface area contributed by atoms with E-state index >= 15 is 0 Å². The van der Waals surface area contributed by atoms with Gasteiger partial charge < -0.3 is 10.2 Å². The number of nitrogens with zero attached hydrogens (tertiary/aromatic N) is 5. The van der Waals surface area contributed by atoms with Gasteiger partial charge in [-0.15, -0.1) is 5.10 Å². The first kappa shape index (κ1) is 18.9. The third-order valence-corrected chi connectivity index (χ3v) is 6.41. The highest BCUT2D eigenvalue weighted by molar-refractivity contribution is 5.79. The Labute approximate surface area is 162 Å². The molecule has 150 valence electrons. The van der Waals surface area contributed by atoms with E-state index in [1.807, 2.05) is 4.68 Å². The first-order chi connectivity index (χ1) is 13.3. The maximum Gasteiger partial charge on any atom is 0.225 e. The molecule has 1 N–H and O–H groups in total. The lowest BCUT2D eigenvalue weighted by atomic mass is 9.87. The monoisotopic (exact) mass is 374 g/mol. The van der Waals surface area contributed by atoms with Gasteiger partial charge in [0.2, 0.25) is 5.91 Å². The zero-order valence-corrected chi connectivity index (χ0v) is 16.5. The molecule has 0 bridgehead atoms. The SMILES string of the molecule is O=C(C1CCCCC1)N1CCCC(Cn2cc(CN3CCNCC3)nn2)C1. The van der Waals surface area contributed by atoms with Gasteiger partial charge in [-0.25, -0.2) is 0 Å². The molecule has 3 aliphatic rings. The van der Waals surface area contributed by atoms with E-state index in [0.717, 1.165) is 77.3 Å². The molecular formula is C20H34N6O. The van der Waals surface area contributed by atoms with Crippen LogP contribution < -0.4 is 5.32 Å². The first-order valence-electron chi connectivity index (χ1n) is 10.9. The number of nitrogens with one attached hydrogen (secondary N) is 1. The standard InChI is InChI=1S/C20H34N6O/c27-20(18-6-2-1-3-7-18)25-10-4-5-17(13-25)14-26-16-19(22-23-26)15-24-11-8-21-9-12-24/h16-18,21H,1-15H2. The van der Waals surface area contributed by atoms with Gasteiger partial charge in [-0.2, -0.15) is 0 Å². The predicted octanol–water partition coefficient (Wildman–Crippen LogP) is 1.50. The van der Waals surface area contributed by atoms with Gasteiger partial charge >= 0.3 is 0 Å². The van der Waals surface area contributed by atoms with Gasteiger partial charge in [0.1, 0.15) is 0 Å². The van der Waals surface area contributed by atoms with Crippen molar-refractivity contribution in [3.8, 4) is 0 Å². The van der Waals surface area contributed by atoms with Crippen LogP contribution in [0.2, 0.25) is 0 Å². The van der Waals surface area contributed by atoms with Crippen LogP contribution in [-0.2, 0) is 17.9 Å². The number of hydrogen-bond donors (Lipinski definition) is 1. The maximum atomic E-state index is 12.9. The van der Waals surface area contributed by atoms with Crippen LogP contribution in [0.1, 0.15) is 50.6 Å². The van der Waals surface area contributed by atoms with E-state index in [1.54, 1.807) is 0 Å². The smallest absolute Gasteiger partial charge is 0.225 e. The molecule has 0 aromatic carbocycles. The number of hydrogen-bond acceptors (Lipinski definition) is 5. The highest BCUT2D eigenvalue weighted by Crippen LogP contribution is 2.28. The van der Waals surface area contributed by atoms with Crippen molar-refractivity contribution < 1.29 is 4.79 Å². The number of rotatable bonds is 5. The summed E-state index contributed by atoms with van der Waals surface area (Å²) in [5.41, 5.74) is 1.06. The molecule has 1 atom stereocenters. The van der Waals surface area contributed by atoms with Crippen LogP contribution >= 0.6 is 0 Å². The van der Waals surface area contributed by atoms with Crippen molar-refractivity contribution >= 4 is 5.91 Å². The van der Waals surface area contributed by atoms with Crippen molar-refractivity contribution in [3.63, 3.8) is 0 Å². The van der Waals surface area contributed by atoms with Gasteiger partial charge in [0.05, 0.1) is 5.69 Å². The Hall–Kier alpha value is -1.47. The summed E-state index contributed by atoms with van der Waals surface area (Å²) in [4.78, 5) is 17.4. The molecule has 7 nitrogen and oxygen atoms in total. The lowest BCUT2D eigenvalue weighted by Gasteiger charge is -2.35. The van der Waals surface area contributed by atoms with E-state index in [2.05, 4.69) is 31.6 Å². The third kappa shape index (κ3) is 5.08. The molecule has 7 heteroatoms. The molecule has 1 aromatic rings. The topological polar surface area (TPSA) is 66.3 Å². The number of piperidine rings is 1. The van der Waals surface area contributed by atoms with Crippen molar-refractivity contribution in [2.45, 2.75) is 58.0 Å². The molecule has 27 heavy (non-hydrogen) atoms. The second-order valence-corrected chi connectivity index (χ2v) is 8.59. The van der Waals surface area contributed by atoms with Gasteiger partial charge in [0, 0.05) is 64.5 Å². The number of amides is 1. The molecule has 4 rings (SSSR count). The fraction of sp³-hybridized carbons (Fsp3) is 0.850. The van der Waals surface area contributed by atoms with Crippen LogP contribution in [0, 0.1) is 11.8 Å². The Morgan fingerprint density at radius 2 is 1.89 bits per heavy atom. The Morgan fingerprint density at radius 3 is 2.70 bits per heavy atom. The van der Waals surface area contributed by atoms with Crippen LogP contribution in [0.25, 0.3) is 0 Å². The summed E-state index contributed by atoms with van der Waals surface area (Å²) in [6.45, 7) is 7.87. The predicted molar refractivity (Wildman–Crippen MR) is 104 cm³/mol. The Kier molecular flexibility index (Phi) is 6.39. The van der Waals surface area contributed by atoms with E-state index < -0.39 is 0 Å². The molecule has 1 saturated carbocycles. The lowest BCUT2D eigenvalue weighted by Crippen LogP contribution is -2.44. The average Bonchev–Trinajstić information content (AvgIpc) is 3.16. The molecule has 1 aliphatic carbocycles. The molecule has 3 fully saturated rings. The van der Waals surface area contributed by atoms with Gasteiger partial charge in [-0.05, 0) is 31.6 Å². The normalized spacial score (nSPS) is 25.6. The van der Waals surface area contributed by atoms with Crippen LogP contribution in [0.4, 0.5) is 0 Å². The van der Waals surface area contributed by atoms with E-state index in [9.17, 15) is 4.79 Å². The van der Waals surface area contributed by atoms with Crippen LogP contribution in [-0.4, -0.2) is 70.0 Å². The zero-order valence-electron chi connectivity index (χ0n) is 16.5. The van der Waals surface area contributed by atoms with Gasteiger partial charge in [-0.3, -0.25) is 14.4 Å². The quantitative estimate of drug-likeness (QED) is 0.846. The van der Waals surface area contributed by atoms with Gasteiger partial charge in [-0.1, -0.05) is 24.5 Å². The fourth-order valence-electron chi connectivity index (χ4n) is 4.89. The molecule has 2 saturated heterocycles. The van der Waals surface area contributed by atoms with E-state index in [-0.39, 0.29) is 5.92 Å². The second kappa shape index (κ2) is 9.15. The van der Waals surface area contributed by atoms with Gasteiger partial charge in [0.25, 0.3) is 0 Å². The summed E-state index contributed by atoms with van der Waals surface area (Å²) in [5, 5.41) is 12.1. The zero-order chi connectivity index (χ0) is 18.5. The Balaban J connectivity index is 1.28. The molecular weight excluding hydrogens is 340 g/mol. The third-order valence-electron chi connectivity index (χ3n) is 6.41. The van der Waals surface area contributed by atoms with Crippen LogP contribution in [0.3, 0.4) is 0 Å². The van der Waals surface area contributed by atoms with Crippen molar-refractivity contribution in [2.24, 2.45) is 11.8 Å². The first-order valence-corrected chi connectivity index (χ1v) is 10.9. The van der Waals surface area contributed by atoms with Crippen molar-refractivity contribution in [3.05, 3.63) is 11.9 Å². The van der Waals surface area contributed by atoms with E-state index in [0.29, 0.717) is 11.8 Å². The minimum Gasteiger partial charge on any atom is -0.342 e. The minimum atomic E-state index is 0.287. The molecule has 2 aliphatic heterocycles. The van der Waals surface area contributed by atoms with Crippen LogP contribution in [0.5, 0.6) is 0 Å². The van der Waals surface area contributed by atoms with E-state index in [4.69, 9.17) is 0 Å². The largest absolute Gasteiger partial charge is 0.342 e. The maximum absolute atomic E-state index is 12.9. The summed E-state index contributed by atoms with van der Waals surface area (Å²) >= 11 is 0. The second-order valence-electron chi connectivity index (χ2n) is 8.59. The molecule has 1 unspecified atom stereocenters. The number of carbonyl (C=O) groups is 1. The van der Waals surface area contributed by atoms with Gasteiger partial charge in [0.15, 0.2) is 0 Å². The van der Waals surface area contributed by atoms with Crippen molar-refractivity contribution in [1.29, 1.82) is 0 Å². The number of piperazine rings is 1. The summed E-state index contributed by atoms with van der Waals surface area (Å²) in [5.74, 6) is 1.20. The van der Waals surface area contributed by atoms with Crippen molar-refractivity contribution in [1.82, 2.24) is 30.1 Å². The molecule has 0 spiro atoms. The van der Waals surface area contributed by atoms with Crippen molar-refractivity contribution in [2.75, 3.05) is 39.3 Å². The summed E-state index contributed by atoms with van der Waals surface area (Å²) in [6.07, 6.45) is 10.3. The number of aromatic nitrogens is 3. The minimum absolute atomic E-state index is 0.287. The Morgan fingerprint density at radius 1 is 1.07 bits per heavy atom. The number of likely N-dealkylation sites (tertiary alicyclic amines) is 1. The molecule has 3 heterocycles. The van der Waals surface area contributed by atoms with E-state index in [1.165, 1.54) is 25.7 Å². The van der Waals surface area contributed by atoms with Crippen LogP contribution in [0.15, 0.2) is 6.20 Å². The Bertz CT molecular complexity index is 605. The summed E-state index contributed by atoms with van der Waals surface area (Å²) < 4.78 is 2.00. The lowest BCUT2D eigenvalue weighted by molar-refractivity contribution is -0.138. The highest BCUT2D eigenvalue weighted by atomic mass is 16.2. The molecule has 0 radical (unpaired) electrons. The fourth-order valence-corrected chi connectivity index (χ4v) is 4.89.